The molecule has 3 rings (SSSR count). The van der Waals surface area contributed by atoms with E-state index in [1.54, 1.807) is 6.07 Å². The van der Waals surface area contributed by atoms with Crippen LogP contribution in [0.25, 0.3) is 0 Å². The summed E-state index contributed by atoms with van der Waals surface area (Å²) in [7, 11) is 0. The van der Waals surface area contributed by atoms with Gasteiger partial charge in [-0.15, -0.1) is 0 Å². The zero-order valence-electron chi connectivity index (χ0n) is 17.5. The molecule has 0 radical (unpaired) electrons. The highest BCUT2D eigenvalue weighted by Crippen LogP contribution is 2.37. The average molecular weight is 429 g/mol. The molecule has 6 nitrogen and oxygen atoms in total. The van der Waals surface area contributed by atoms with Gasteiger partial charge >= 0.3 is 0 Å². The van der Waals surface area contributed by atoms with Crippen molar-refractivity contribution in [2.75, 3.05) is 44.5 Å². The fraction of sp³-hybridized carbons (Fsp3) is 0.714. The molecule has 1 atom stereocenters. The lowest BCUT2D eigenvalue weighted by Gasteiger charge is -2.40. The van der Waals surface area contributed by atoms with E-state index in [4.69, 9.17) is 9.47 Å². The van der Waals surface area contributed by atoms with E-state index in [0.717, 1.165) is 12.8 Å². The largest absolute Gasteiger partial charge is 0.476 e. The molecule has 1 saturated heterocycles. The summed E-state index contributed by atoms with van der Waals surface area (Å²) < 4.78 is 50.0. The third kappa shape index (κ3) is 6.48. The third-order valence-electron chi connectivity index (χ3n) is 5.04. The van der Waals surface area contributed by atoms with E-state index in [2.05, 4.69) is 10.3 Å². The zero-order valence-corrected chi connectivity index (χ0v) is 17.5. The predicted octanol–water partition coefficient (Wildman–Crippen LogP) is 3.46. The maximum atomic E-state index is 13.3. The third-order valence-corrected chi connectivity index (χ3v) is 5.04. The van der Waals surface area contributed by atoms with Crippen LogP contribution in [0, 0.1) is 11.8 Å². The van der Waals surface area contributed by atoms with Crippen LogP contribution in [0.1, 0.15) is 43.6 Å². The second kappa shape index (κ2) is 9.85. The Morgan fingerprint density at radius 2 is 2.07 bits per heavy atom. The van der Waals surface area contributed by atoms with Crippen molar-refractivity contribution in [2.45, 2.75) is 45.1 Å². The van der Waals surface area contributed by atoms with Crippen LogP contribution in [0.4, 0.5) is 18.9 Å². The summed E-state index contributed by atoms with van der Waals surface area (Å²) >= 11 is 0. The van der Waals surface area contributed by atoms with Crippen LogP contribution in [-0.2, 0) is 4.74 Å². The van der Waals surface area contributed by atoms with E-state index in [9.17, 15) is 18.0 Å². The second-order valence-electron chi connectivity index (χ2n) is 8.55. The molecule has 1 aromatic heterocycles. The minimum Gasteiger partial charge on any atom is -0.476 e. The van der Waals surface area contributed by atoms with Gasteiger partial charge in [0.25, 0.3) is 11.8 Å². The normalized spacial score (nSPS) is 18.8. The van der Waals surface area contributed by atoms with Gasteiger partial charge in [-0.1, -0.05) is 13.8 Å². The Balaban J connectivity index is 1.69. The highest BCUT2D eigenvalue weighted by molar-refractivity contribution is 5.93. The summed E-state index contributed by atoms with van der Waals surface area (Å²) in [4.78, 5) is 18.6. The summed E-state index contributed by atoms with van der Waals surface area (Å²) in [6, 6.07) is 2.84. The van der Waals surface area contributed by atoms with Gasteiger partial charge < -0.3 is 19.7 Å². The minimum absolute atomic E-state index is 0.0168. The number of ether oxygens (including phenoxy) is 2. The minimum atomic E-state index is -2.71. The lowest BCUT2D eigenvalue weighted by atomic mass is 10.0. The van der Waals surface area contributed by atoms with Crippen molar-refractivity contribution in [1.82, 2.24) is 10.3 Å². The SMILES string of the molecule is CC(C)CC(COCCF)NC(=O)c1ccc(N2CC(F)(F)C2)c(OCC2CC2)n1. The standard InChI is InChI=1S/C21H30F3N3O3/c1-14(2)9-16(11-29-8-7-22)25-19(28)17-5-6-18(27-12-21(23,24)13-27)20(26-17)30-10-15-3-4-15/h5-6,14-16H,3-4,7-13H2,1-2H3,(H,25,28). The van der Waals surface area contributed by atoms with Gasteiger partial charge in [-0.2, -0.15) is 0 Å². The van der Waals surface area contributed by atoms with E-state index in [-0.39, 0.29) is 43.9 Å². The number of carbonyl (C=O) groups excluding carboxylic acids is 1. The highest BCUT2D eigenvalue weighted by Gasteiger charge is 2.45. The topological polar surface area (TPSA) is 63.7 Å². The van der Waals surface area contributed by atoms with Gasteiger partial charge in [0.05, 0.1) is 39.0 Å². The van der Waals surface area contributed by atoms with Crippen molar-refractivity contribution < 1.29 is 27.4 Å². The molecular formula is C21H30F3N3O3. The maximum Gasteiger partial charge on any atom is 0.282 e. The summed E-state index contributed by atoms with van der Waals surface area (Å²) in [6.07, 6.45) is 2.82. The first-order valence-electron chi connectivity index (χ1n) is 10.5. The van der Waals surface area contributed by atoms with Crippen molar-refractivity contribution in [3.63, 3.8) is 0 Å². The number of nitrogens with one attached hydrogen (secondary N) is 1. The molecule has 168 valence electrons. The van der Waals surface area contributed by atoms with Crippen LogP contribution >= 0.6 is 0 Å². The van der Waals surface area contributed by atoms with Gasteiger partial charge in [-0.25, -0.2) is 18.2 Å². The van der Waals surface area contributed by atoms with E-state index >= 15 is 0 Å². The van der Waals surface area contributed by atoms with Crippen LogP contribution in [0.2, 0.25) is 0 Å². The molecule has 2 aliphatic rings. The van der Waals surface area contributed by atoms with Gasteiger partial charge in [-0.3, -0.25) is 4.79 Å². The molecule has 1 unspecified atom stereocenters. The molecule has 0 aromatic carbocycles. The Hall–Kier alpha value is -2.03. The molecule has 30 heavy (non-hydrogen) atoms. The molecule has 0 spiro atoms. The van der Waals surface area contributed by atoms with Crippen molar-refractivity contribution in [2.24, 2.45) is 11.8 Å². The molecule has 2 heterocycles. The van der Waals surface area contributed by atoms with E-state index < -0.39 is 18.5 Å². The summed E-state index contributed by atoms with van der Waals surface area (Å²) in [6.45, 7) is 3.34. The number of pyridine rings is 1. The van der Waals surface area contributed by atoms with E-state index in [1.807, 2.05) is 13.8 Å². The number of aromatic nitrogens is 1. The number of hydrogen-bond donors (Lipinski definition) is 1. The van der Waals surface area contributed by atoms with Gasteiger partial charge in [0, 0.05) is 0 Å². The number of alkyl halides is 3. The highest BCUT2D eigenvalue weighted by atomic mass is 19.3. The Bertz CT molecular complexity index is 721. The first-order chi connectivity index (χ1) is 14.3. The molecule has 1 N–H and O–H groups in total. The molecule has 1 aliphatic heterocycles. The number of rotatable bonds is 12. The van der Waals surface area contributed by atoms with Gasteiger partial charge in [0.15, 0.2) is 0 Å². The van der Waals surface area contributed by atoms with Crippen molar-refractivity contribution in [1.29, 1.82) is 0 Å². The maximum absolute atomic E-state index is 13.3. The van der Waals surface area contributed by atoms with Crippen LogP contribution in [0.5, 0.6) is 5.88 Å². The molecule has 1 saturated carbocycles. The van der Waals surface area contributed by atoms with Crippen molar-refractivity contribution >= 4 is 11.6 Å². The van der Waals surface area contributed by atoms with E-state index in [1.165, 1.54) is 11.0 Å². The number of nitrogens with zero attached hydrogens (tertiary/aromatic N) is 2. The second-order valence-corrected chi connectivity index (χ2v) is 8.55. The Morgan fingerprint density at radius 1 is 1.33 bits per heavy atom. The molecule has 0 bridgehead atoms. The van der Waals surface area contributed by atoms with E-state index in [0.29, 0.717) is 30.6 Å². The first kappa shape index (κ1) is 22.7. The monoisotopic (exact) mass is 429 g/mol. The lowest BCUT2D eigenvalue weighted by Crippen LogP contribution is -2.56. The first-order valence-corrected chi connectivity index (χ1v) is 10.5. The Kier molecular flexibility index (Phi) is 7.44. The quantitative estimate of drug-likeness (QED) is 0.516. The van der Waals surface area contributed by atoms with Crippen LogP contribution in [0.15, 0.2) is 12.1 Å². The molecule has 2 fully saturated rings. The predicted molar refractivity (Wildman–Crippen MR) is 107 cm³/mol. The zero-order chi connectivity index (χ0) is 21.7. The average Bonchev–Trinajstić information content (AvgIpc) is 3.48. The summed E-state index contributed by atoms with van der Waals surface area (Å²) in [5.41, 5.74) is 0.624. The molecule has 1 aromatic rings. The molecule has 9 heteroatoms. The van der Waals surface area contributed by atoms with Crippen molar-refractivity contribution in [3.05, 3.63) is 17.8 Å². The van der Waals surface area contributed by atoms with Gasteiger partial charge in [-0.05, 0) is 43.2 Å². The number of carbonyl (C=O) groups is 1. The Morgan fingerprint density at radius 3 is 2.67 bits per heavy atom. The van der Waals surface area contributed by atoms with Gasteiger partial charge in [0.1, 0.15) is 18.1 Å². The molecule has 1 aliphatic carbocycles. The van der Waals surface area contributed by atoms with Crippen molar-refractivity contribution in [3.8, 4) is 5.88 Å². The number of halogens is 3. The summed E-state index contributed by atoms with van der Waals surface area (Å²) in [5, 5.41) is 2.88. The van der Waals surface area contributed by atoms with Gasteiger partial charge in [0.2, 0.25) is 5.88 Å². The molecule has 1 amide bonds. The fourth-order valence-electron chi connectivity index (χ4n) is 3.35. The number of hydrogen-bond acceptors (Lipinski definition) is 5. The van der Waals surface area contributed by atoms with Crippen LogP contribution in [0.3, 0.4) is 0 Å². The lowest BCUT2D eigenvalue weighted by molar-refractivity contribution is -0.0265. The van der Waals surface area contributed by atoms with Crippen LogP contribution in [-0.4, -0.2) is 62.4 Å². The number of amides is 1. The summed E-state index contributed by atoms with van der Waals surface area (Å²) in [5.74, 6) is -2.14. The fourth-order valence-corrected chi connectivity index (χ4v) is 3.35. The smallest absolute Gasteiger partial charge is 0.282 e. The molecular weight excluding hydrogens is 399 g/mol. The Labute approximate surface area is 175 Å². The van der Waals surface area contributed by atoms with Crippen LogP contribution < -0.4 is 15.0 Å². The number of anilines is 1.